The van der Waals surface area contributed by atoms with Crippen LogP contribution in [0.25, 0.3) is 0 Å². The summed E-state index contributed by atoms with van der Waals surface area (Å²) >= 11 is 9.18. The summed E-state index contributed by atoms with van der Waals surface area (Å²) in [6.45, 7) is 1.45. The minimum Gasteiger partial charge on any atom is -0.340 e. The molecule has 0 saturated heterocycles. The third kappa shape index (κ3) is 4.26. The lowest BCUT2D eigenvalue weighted by molar-refractivity contribution is 0.0786. The van der Waals surface area contributed by atoms with E-state index in [1.54, 1.807) is 24.2 Å². The highest BCUT2D eigenvalue weighted by atomic mass is 79.9. The number of pyridine rings is 1. The number of rotatable bonds is 4. The molecule has 1 aromatic rings. The van der Waals surface area contributed by atoms with E-state index in [0.717, 1.165) is 11.0 Å². The molecule has 0 unspecified atom stereocenters. The van der Waals surface area contributed by atoms with Crippen LogP contribution in [0.2, 0.25) is 5.15 Å². The number of hydrogen-bond acceptors (Lipinski definition) is 3. The van der Waals surface area contributed by atoms with Crippen LogP contribution in [0.4, 0.5) is 0 Å². The van der Waals surface area contributed by atoms with Crippen LogP contribution in [0.5, 0.6) is 0 Å². The van der Waals surface area contributed by atoms with Crippen molar-refractivity contribution < 1.29 is 4.79 Å². The fourth-order valence-corrected chi connectivity index (χ4v) is 1.75. The van der Waals surface area contributed by atoms with Crippen molar-refractivity contribution in [2.75, 3.05) is 34.2 Å². The zero-order chi connectivity index (χ0) is 13.0. The number of amides is 1. The summed E-state index contributed by atoms with van der Waals surface area (Å²) < 4.78 is 0.742. The minimum absolute atomic E-state index is 0.120. The van der Waals surface area contributed by atoms with Gasteiger partial charge in [0.05, 0.1) is 5.56 Å². The molecule has 0 aliphatic carbocycles. The van der Waals surface area contributed by atoms with Gasteiger partial charge in [-0.1, -0.05) is 11.6 Å². The van der Waals surface area contributed by atoms with Gasteiger partial charge in [0.15, 0.2) is 0 Å². The molecule has 17 heavy (non-hydrogen) atoms. The van der Waals surface area contributed by atoms with Gasteiger partial charge in [-0.25, -0.2) is 4.98 Å². The Morgan fingerprint density at radius 1 is 1.41 bits per heavy atom. The molecule has 0 bridgehead atoms. The average molecular weight is 321 g/mol. The SMILES string of the molecule is CN(C)CCN(C)C(=O)c1cc(Br)cnc1Cl. The number of hydrogen-bond donors (Lipinski definition) is 0. The maximum absolute atomic E-state index is 12.1. The van der Waals surface area contributed by atoms with Gasteiger partial charge in [0.2, 0.25) is 0 Å². The summed E-state index contributed by atoms with van der Waals surface area (Å²) in [4.78, 5) is 19.7. The lowest BCUT2D eigenvalue weighted by Crippen LogP contribution is -2.33. The molecular formula is C11H15BrClN3O. The summed E-state index contributed by atoms with van der Waals surface area (Å²) in [6, 6.07) is 1.68. The van der Waals surface area contributed by atoms with Gasteiger partial charge >= 0.3 is 0 Å². The molecule has 0 radical (unpaired) electrons. The largest absolute Gasteiger partial charge is 0.340 e. The molecule has 94 valence electrons. The highest BCUT2D eigenvalue weighted by molar-refractivity contribution is 9.10. The van der Waals surface area contributed by atoms with Crippen LogP contribution in [-0.4, -0.2) is 54.9 Å². The first-order valence-electron chi connectivity index (χ1n) is 5.13. The molecule has 1 rings (SSSR count). The van der Waals surface area contributed by atoms with Crippen molar-refractivity contribution in [3.63, 3.8) is 0 Å². The molecule has 0 aromatic carbocycles. The maximum atomic E-state index is 12.1. The molecule has 1 heterocycles. The van der Waals surface area contributed by atoms with E-state index in [1.165, 1.54) is 0 Å². The van der Waals surface area contributed by atoms with E-state index in [9.17, 15) is 4.79 Å². The fraction of sp³-hybridized carbons (Fsp3) is 0.455. The molecule has 0 saturated carbocycles. The number of likely N-dealkylation sites (N-methyl/N-ethyl adjacent to an activating group) is 2. The summed E-state index contributed by atoms with van der Waals surface area (Å²) in [5.41, 5.74) is 0.419. The van der Waals surface area contributed by atoms with E-state index in [-0.39, 0.29) is 11.1 Å². The van der Waals surface area contributed by atoms with Crippen LogP contribution in [0.15, 0.2) is 16.7 Å². The first-order valence-corrected chi connectivity index (χ1v) is 6.30. The predicted molar refractivity (Wildman–Crippen MR) is 72.5 cm³/mol. The lowest BCUT2D eigenvalue weighted by Gasteiger charge is -2.20. The molecular weight excluding hydrogens is 305 g/mol. The van der Waals surface area contributed by atoms with Crippen molar-refractivity contribution in [3.05, 3.63) is 27.5 Å². The Bertz CT molecular complexity index is 412. The second-order valence-corrected chi connectivity index (χ2v) is 5.30. The third-order valence-electron chi connectivity index (χ3n) is 2.27. The Morgan fingerprint density at radius 2 is 2.06 bits per heavy atom. The fourth-order valence-electron chi connectivity index (χ4n) is 1.23. The molecule has 0 spiro atoms. The van der Waals surface area contributed by atoms with E-state index in [2.05, 4.69) is 20.9 Å². The Hall–Kier alpha value is -0.650. The monoisotopic (exact) mass is 319 g/mol. The molecule has 4 nitrogen and oxygen atoms in total. The van der Waals surface area contributed by atoms with Crippen LogP contribution in [0.3, 0.4) is 0 Å². The number of carbonyl (C=O) groups excluding carboxylic acids is 1. The van der Waals surface area contributed by atoms with E-state index >= 15 is 0 Å². The summed E-state index contributed by atoms with van der Waals surface area (Å²) in [5.74, 6) is -0.120. The Labute approximate surface area is 115 Å². The molecule has 1 aromatic heterocycles. The first kappa shape index (κ1) is 14.4. The quantitative estimate of drug-likeness (QED) is 0.798. The van der Waals surface area contributed by atoms with Gasteiger partial charge in [-0.2, -0.15) is 0 Å². The summed E-state index contributed by atoms with van der Waals surface area (Å²) in [5, 5.41) is 0.231. The van der Waals surface area contributed by atoms with Gasteiger partial charge in [-0.15, -0.1) is 0 Å². The highest BCUT2D eigenvalue weighted by Crippen LogP contribution is 2.19. The van der Waals surface area contributed by atoms with Crippen molar-refractivity contribution in [1.82, 2.24) is 14.8 Å². The van der Waals surface area contributed by atoms with E-state index in [0.29, 0.717) is 12.1 Å². The molecule has 0 fully saturated rings. The molecule has 0 aliphatic rings. The zero-order valence-electron chi connectivity index (χ0n) is 10.1. The topological polar surface area (TPSA) is 36.4 Å². The number of nitrogens with zero attached hydrogens (tertiary/aromatic N) is 3. The highest BCUT2D eigenvalue weighted by Gasteiger charge is 2.16. The second-order valence-electron chi connectivity index (χ2n) is 4.02. The normalized spacial score (nSPS) is 10.7. The Kier molecular flexibility index (Phi) is 5.36. The summed E-state index contributed by atoms with van der Waals surface area (Å²) in [7, 11) is 5.68. The van der Waals surface area contributed by atoms with Gasteiger partial charge in [0, 0.05) is 30.8 Å². The average Bonchev–Trinajstić information content (AvgIpc) is 2.28. The van der Waals surface area contributed by atoms with Gasteiger partial charge in [0.1, 0.15) is 5.15 Å². The van der Waals surface area contributed by atoms with E-state index in [1.807, 2.05) is 19.0 Å². The second kappa shape index (κ2) is 6.33. The van der Waals surface area contributed by atoms with Crippen molar-refractivity contribution in [2.24, 2.45) is 0 Å². The predicted octanol–water partition coefficient (Wildman–Crippen LogP) is 2.13. The van der Waals surface area contributed by atoms with Gasteiger partial charge in [0.25, 0.3) is 5.91 Å². The molecule has 0 N–H and O–H groups in total. The minimum atomic E-state index is -0.120. The van der Waals surface area contributed by atoms with Crippen molar-refractivity contribution >= 4 is 33.4 Å². The number of halogens is 2. The van der Waals surface area contributed by atoms with Crippen LogP contribution in [-0.2, 0) is 0 Å². The van der Waals surface area contributed by atoms with Crippen molar-refractivity contribution in [1.29, 1.82) is 0 Å². The molecule has 6 heteroatoms. The van der Waals surface area contributed by atoms with Crippen molar-refractivity contribution in [2.45, 2.75) is 0 Å². The van der Waals surface area contributed by atoms with Gasteiger partial charge < -0.3 is 9.80 Å². The first-order chi connectivity index (χ1) is 7.91. The third-order valence-corrected chi connectivity index (χ3v) is 3.00. The zero-order valence-corrected chi connectivity index (χ0v) is 12.4. The van der Waals surface area contributed by atoms with Gasteiger partial charge in [-0.3, -0.25) is 4.79 Å². The maximum Gasteiger partial charge on any atom is 0.256 e. The number of aromatic nitrogens is 1. The van der Waals surface area contributed by atoms with Crippen molar-refractivity contribution in [3.8, 4) is 0 Å². The van der Waals surface area contributed by atoms with E-state index < -0.39 is 0 Å². The van der Waals surface area contributed by atoms with Crippen LogP contribution >= 0.6 is 27.5 Å². The lowest BCUT2D eigenvalue weighted by atomic mass is 10.2. The van der Waals surface area contributed by atoms with Crippen LogP contribution < -0.4 is 0 Å². The molecule has 0 aliphatic heterocycles. The smallest absolute Gasteiger partial charge is 0.256 e. The number of carbonyl (C=O) groups is 1. The van der Waals surface area contributed by atoms with E-state index in [4.69, 9.17) is 11.6 Å². The Balaban J connectivity index is 2.78. The van der Waals surface area contributed by atoms with Crippen LogP contribution in [0, 0.1) is 0 Å². The van der Waals surface area contributed by atoms with Crippen LogP contribution in [0.1, 0.15) is 10.4 Å². The Morgan fingerprint density at radius 3 is 2.65 bits per heavy atom. The standard InChI is InChI=1S/C11H15BrClN3O/c1-15(2)4-5-16(3)11(17)9-6-8(12)7-14-10(9)13/h6-7H,4-5H2,1-3H3. The summed E-state index contributed by atoms with van der Waals surface area (Å²) in [6.07, 6.45) is 1.57. The molecule has 1 amide bonds. The van der Waals surface area contributed by atoms with Gasteiger partial charge in [-0.05, 0) is 36.1 Å². The molecule has 0 atom stereocenters.